The summed E-state index contributed by atoms with van der Waals surface area (Å²) in [6.45, 7) is 5.62. The highest BCUT2D eigenvalue weighted by Crippen LogP contribution is 2.25. The number of carbonyl (C=O) groups is 1. The molecule has 2 amide bonds. The molecule has 25 heavy (non-hydrogen) atoms. The van der Waals surface area contributed by atoms with Gasteiger partial charge in [0.25, 0.3) is 0 Å². The molecule has 1 atom stereocenters. The number of carbonyl (C=O) groups excluding carboxylic acids is 1. The van der Waals surface area contributed by atoms with Crippen LogP contribution in [0.25, 0.3) is 11.0 Å². The molecule has 3 aromatic rings. The smallest absolute Gasteiger partial charge is 0.315 e. The van der Waals surface area contributed by atoms with Crippen LogP contribution in [0.4, 0.5) is 9.18 Å². The molecule has 132 valence electrons. The van der Waals surface area contributed by atoms with E-state index >= 15 is 0 Å². The summed E-state index contributed by atoms with van der Waals surface area (Å²) in [5.74, 6) is 1.14. The minimum atomic E-state index is -0.375. The van der Waals surface area contributed by atoms with Gasteiger partial charge >= 0.3 is 6.03 Å². The van der Waals surface area contributed by atoms with Crippen molar-refractivity contribution in [2.75, 3.05) is 0 Å². The Morgan fingerprint density at radius 1 is 1.36 bits per heavy atom. The zero-order valence-corrected chi connectivity index (χ0v) is 14.2. The van der Waals surface area contributed by atoms with E-state index in [9.17, 15) is 9.18 Å². The first kappa shape index (κ1) is 16.9. The van der Waals surface area contributed by atoms with E-state index in [1.54, 1.807) is 13.0 Å². The second-order valence-electron chi connectivity index (χ2n) is 5.75. The number of aryl methyl sites for hydroxylation is 2. The Balaban J connectivity index is 1.65. The summed E-state index contributed by atoms with van der Waals surface area (Å²) in [5, 5.41) is 10.1. The maximum Gasteiger partial charge on any atom is 0.315 e. The fourth-order valence-corrected chi connectivity index (χ4v) is 2.59. The van der Waals surface area contributed by atoms with Crippen LogP contribution >= 0.6 is 0 Å². The summed E-state index contributed by atoms with van der Waals surface area (Å²) in [6, 6.07) is 3.62. The first-order valence-electron chi connectivity index (χ1n) is 8.00. The van der Waals surface area contributed by atoms with Crippen LogP contribution in [0.1, 0.15) is 42.4 Å². The lowest BCUT2D eigenvalue weighted by Crippen LogP contribution is -2.37. The Morgan fingerprint density at radius 2 is 2.16 bits per heavy atom. The van der Waals surface area contributed by atoms with Gasteiger partial charge in [-0.3, -0.25) is 0 Å². The van der Waals surface area contributed by atoms with Gasteiger partial charge in [0, 0.05) is 17.9 Å². The van der Waals surface area contributed by atoms with Crippen molar-refractivity contribution in [3.05, 3.63) is 47.1 Å². The average molecular weight is 346 g/mol. The molecule has 2 heterocycles. The van der Waals surface area contributed by atoms with Gasteiger partial charge in [0.15, 0.2) is 5.82 Å². The molecule has 8 heteroatoms. The number of nitrogens with zero attached hydrogens (tertiary/aromatic N) is 2. The summed E-state index contributed by atoms with van der Waals surface area (Å²) in [4.78, 5) is 16.3. The van der Waals surface area contributed by atoms with Crippen LogP contribution < -0.4 is 10.6 Å². The Labute approximate surface area is 143 Å². The van der Waals surface area contributed by atoms with Gasteiger partial charge in [0.05, 0.1) is 12.6 Å². The third-order valence-electron chi connectivity index (χ3n) is 3.98. The molecule has 0 spiro atoms. The van der Waals surface area contributed by atoms with Crippen molar-refractivity contribution in [3.8, 4) is 0 Å². The van der Waals surface area contributed by atoms with Gasteiger partial charge in [-0.05, 0) is 31.5 Å². The fraction of sp³-hybridized carbons (Fsp3) is 0.353. The normalized spacial score (nSPS) is 12.3. The van der Waals surface area contributed by atoms with E-state index < -0.39 is 0 Å². The Kier molecular flexibility index (Phi) is 4.69. The molecule has 2 aromatic heterocycles. The van der Waals surface area contributed by atoms with E-state index in [4.69, 9.17) is 8.94 Å². The van der Waals surface area contributed by atoms with Crippen molar-refractivity contribution in [3.63, 3.8) is 0 Å². The highest BCUT2D eigenvalue weighted by atomic mass is 19.1. The molecule has 0 aliphatic rings. The highest BCUT2D eigenvalue weighted by molar-refractivity contribution is 5.82. The van der Waals surface area contributed by atoms with Crippen LogP contribution in [0.3, 0.4) is 0 Å². The second-order valence-corrected chi connectivity index (χ2v) is 5.75. The van der Waals surface area contributed by atoms with Crippen molar-refractivity contribution >= 4 is 17.0 Å². The van der Waals surface area contributed by atoms with Crippen LogP contribution in [0.5, 0.6) is 0 Å². The summed E-state index contributed by atoms with van der Waals surface area (Å²) in [6.07, 6.45) is 0.620. The Hall–Kier alpha value is -2.90. The molecule has 0 unspecified atom stereocenters. The lowest BCUT2D eigenvalue weighted by Gasteiger charge is -2.13. The minimum Gasteiger partial charge on any atom is -0.459 e. The molecular weight excluding hydrogens is 327 g/mol. The van der Waals surface area contributed by atoms with Crippen molar-refractivity contribution < 1.29 is 18.1 Å². The molecule has 0 saturated heterocycles. The summed E-state index contributed by atoms with van der Waals surface area (Å²) in [7, 11) is 0. The average Bonchev–Trinajstić information content (AvgIpc) is 3.15. The second kappa shape index (κ2) is 6.92. The molecule has 0 aliphatic carbocycles. The van der Waals surface area contributed by atoms with Crippen molar-refractivity contribution in [2.24, 2.45) is 0 Å². The number of nitrogens with one attached hydrogen (secondary N) is 2. The van der Waals surface area contributed by atoms with Crippen molar-refractivity contribution in [2.45, 2.75) is 39.8 Å². The molecule has 1 aromatic carbocycles. The molecule has 0 fully saturated rings. The lowest BCUT2D eigenvalue weighted by molar-refractivity contribution is 0.234. The molecule has 0 aliphatic heterocycles. The third-order valence-corrected chi connectivity index (χ3v) is 3.98. The molecule has 7 nitrogen and oxygen atoms in total. The number of aromatic nitrogens is 2. The predicted molar refractivity (Wildman–Crippen MR) is 88.3 cm³/mol. The van der Waals surface area contributed by atoms with Gasteiger partial charge in [-0.25, -0.2) is 9.18 Å². The number of urea groups is 1. The summed E-state index contributed by atoms with van der Waals surface area (Å²) in [5.41, 5.74) is 1.39. The molecule has 0 bridgehead atoms. The molecular formula is C17H19FN4O3. The van der Waals surface area contributed by atoms with Gasteiger partial charge in [-0.2, -0.15) is 4.98 Å². The zero-order chi connectivity index (χ0) is 18.0. The van der Waals surface area contributed by atoms with Crippen LogP contribution in [0, 0.1) is 19.7 Å². The molecule has 2 N–H and O–H groups in total. The van der Waals surface area contributed by atoms with Crippen LogP contribution in [0.15, 0.2) is 27.1 Å². The fourth-order valence-electron chi connectivity index (χ4n) is 2.59. The topological polar surface area (TPSA) is 93.2 Å². The largest absolute Gasteiger partial charge is 0.459 e. The standard InChI is InChI=1S/C17H19FN4O3/c1-4-13(16-20-10(3)25-22-16)21-17(23)19-8-15-9(2)12-7-11(18)5-6-14(12)24-15/h5-7,13H,4,8H2,1-3H3,(H2,19,21,23)/t13-/m0/s1. The predicted octanol–water partition coefficient (Wildman–Crippen LogP) is 3.52. The Bertz CT molecular complexity index is 903. The summed E-state index contributed by atoms with van der Waals surface area (Å²) < 4.78 is 24.0. The van der Waals surface area contributed by atoms with E-state index in [2.05, 4.69) is 20.8 Å². The number of halogens is 1. The zero-order valence-electron chi connectivity index (χ0n) is 14.2. The monoisotopic (exact) mass is 346 g/mol. The number of furan rings is 1. The molecule has 3 rings (SSSR count). The van der Waals surface area contributed by atoms with Gasteiger partial charge in [0.2, 0.25) is 5.89 Å². The van der Waals surface area contributed by atoms with Crippen molar-refractivity contribution in [1.29, 1.82) is 0 Å². The summed E-state index contributed by atoms with van der Waals surface area (Å²) >= 11 is 0. The number of benzene rings is 1. The number of hydrogen-bond donors (Lipinski definition) is 2. The van der Waals surface area contributed by atoms with Crippen LogP contribution in [0.2, 0.25) is 0 Å². The van der Waals surface area contributed by atoms with Crippen LogP contribution in [-0.2, 0) is 6.54 Å². The first-order valence-corrected chi connectivity index (χ1v) is 8.00. The number of hydrogen-bond acceptors (Lipinski definition) is 5. The van der Waals surface area contributed by atoms with E-state index in [1.807, 2.05) is 13.8 Å². The van der Waals surface area contributed by atoms with Gasteiger partial charge in [-0.1, -0.05) is 12.1 Å². The highest BCUT2D eigenvalue weighted by Gasteiger charge is 2.18. The van der Waals surface area contributed by atoms with Gasteiger partial charge < -0.3 is 19.6 Å². The van der Waals surface area contributed by atoms with Gasteiger partial charge in [-0.15, -0.1) is 0 Å². The van der Waals surface area contributed by atoms with E-state index in [1.165, 1.54) is 12.1 Å². The number of amides is 2. The maximum atomic E-state index is 13.3. The number of rotatable bonds is 5. The first-order chi connectivity index (χ1) is 12.0. The van der Waals surface area contributed by atoms with E-state index in [-0.39, 0.29) is 24.4 Å². The minimum absolute atomic E-state index is 0.190. The molecule has 0 saturated carbocycles. The van der Waals surface area contributed by atoms with Crippen molar-refractivity contribution in [1.82, 2.24) is 20.8 Å². The van der Waals surface area contributed by atoms with E-state index in [0.29, 0.717) is 34.9 Å². The Morgan fingerprint density at radius 3 is 2.84 bits per heavy atom. The molecule has 0 radical (unpaired) electrons. The maximum absolute atomic E-state index is 13.3. The van der Waals surface area contributed by atoms with Gasteiger partial charge in [0.1, 0.15) is 17.2 Å². The number of fused-ring (bicyclic) bond motifs is 1. The van der Waals surface area contributed by atoms with E-state index in [0.717, 1.165) is 5.56 Å². The van der Waals surface area contributed by atoms with Crippen LogP contribution in [-0.4, -0.2) is 16.2 Å². The quantitative estimate of drug-likeness (QED) is 0.737. The SMILES string of the molecule is CC[C@H](NC(=O)NCc1oc2ccc(F)cc2c1C)c1noc(C)n1. The third kappa shape index (κ3) is 3.62. The lowest BCUT2D eigenvalue weighted by atomic mass is 10.1.